The Morgan fingerprint density at radius 1 is 1.14 bits per heavy atom. The molecule has 1 heterocycles. The third kappa shape index (κ3) is 6.70. The lowest BCUT2D eigenvalue weighted by molar-refractivity contribution is -0.385. The lowest BCUT2D eigenvalue weighted by Gasteiger charge is -2.29. The van der Waals surface area contributed by atoms with Crippen LogP contribution in [0.5, 0.6) is 0 Å². The number of ether oxygens (including phenoxy) is 1. The number of amides is 1. The Kier molecular flexibility index (Phi) is 7.93. The van der Waals surface area contributed by atoms with Crippen molar-refractivity contribution < 1.29 is 27.8 Å². The van der Waals surface area contributed by atoms with Crippen LogP contribution in [0.2, 0.25) is 0 Å². The van der Waals surface area contributed by atoms with Crippen molar-refractivity contribution in [2.45, 2.75) is 0 Å². The lowest BCUT2D eigenvalue weighted by atomic mass is 10.1. The van der Waals surface area contributed by atoms with Crippen molar-refractivity contribution >= 4 is 44.9 Å². The molecule has 0 aliphatic carbocycles. The Morgan fingerprint density at radius 2 is 1.80 bits per heavy atom. The minimum atomic E-state index is -3.96. The van der Waals surface area contributed by atoms with E-state index in [2.05, 4.69) is 10.5 Å². The lowest BCUT2D eigenvalue weighted by Crippen LogP contribution is -2.39. The summed E-state index contributed by atoms with van der Waals surface area (Å²) >= 11 is 0. The SMILES string of the molecule is CS(=O)(=O)N(CC(=O)N/N=C\c1cc([N+](=O)[O-])ccc1N1CCOCC1)c1cccc([N+](=O)[O-])c1. The van der Waals surface area contributed by atoms with Gasteiger partial charge in [0.1, 0.15) is 6.54 Å². The van der Waals surface area contributed by atoms with Crippen molar-refractivity contribution in [1.82, 2.24) is 5.43 Å². The number of morpholine rings is 1. The molecule has 186 valence electrons. The predicted molar refractivity (Wildman–Crippen MR) is 127 cm³/mol. The van der Waals surface area contributed by atoms with Gasteiger partial charge >= 0.3 is 0 Å². The number of benzene rings is 2. The number of hydrogen-bond donors (Lipinski definition) is 1. The first kappa shape index (κ1) is 25.5. The molecule has 35 heavy (non-hydrogen) atoms. The maximum absolute atomic E-state index is 12.4. The van der Waals surface area contributed by atoms with E-state index in [1.807, 2.05) is 4.90 Å². The van der Waals surface area contributed by atoms with Crippen molar-refractivity contribution in [2.24, 2.45) is 5.10 Å². The molecule has 1 aliphatic rings. The van der Waals surface area contributed by atoms with Crippen LogP contribution in [0, 0.1) is 20.2 Å². The molecule has 1 saturated heterocycles. The van der Waals surface area contributed by atoms with E-state index in [1.54, 1.807) is 6.07 Å². The minimum Gasteiger partial charge on any atom is -0.378 e. The quantitative estimate of drug-likeness (QED) is 0.298. The van der Waals surface area contributed by atoms with E-state index in [-0.39, 0.29) is 17.1 Å². The van der Waals surface area contributed by atoms with Gasteiger partial charge in [0.25, 0.3) is 17.3 Å². The topological polar surface area (TPSA) is 178 Å². The molecular weight excluding hydrogens is 484 g/mol. The zero-order valence-electron chi connectivity index (χ0n) is 18.6. The molecule has 0 atom stereocenters. The van der Waals surface area contributed by atoms with E-state index in [4.69, 9.17) is 4.74 Å². The second-order valence-corrected chi connectivity index (χ2v) is 9.35. The van der Waals surface area contributed by atoms with E-state index < -0.39 is 32.3 Å². The number of nitro benzene ring substituents is 2. The fourth-order valence-corrected chi connectivity index (χ4v) is 4.20. The third-order valence-corrected chi connectivity index (χ3v) is 6.12. The van der Waals surface area contributed by atoms with Gasteiger partial charge < -0.3 is 9.64 Å². The summed E-state index contributed by atoms with van der Waals surface area (Å²) in [6.45, 7) is 1.42. The molecule has 2 aromatic carbocycles. The number of non-ortho nitro benzene ring substituents is 2. The van der Waals surface area contributed by atoms with E-state index in [0.717, 1.165) is 12.3 Å². The summed E-state index contributed by atoms with van der Waals surface area (Å²) < 4.78 is 30.5. The number of rotatable bonds is 9. The highest BCUT2D eigenvalue weighted by atomic mass is 32.2. The number of anilines is 2. The van der Waals surface area contributed by atoms with E-state index in [9.17, 15) is 33.4 Å². The fraction of sp³-hybridized carbons (Fsp3) is 0.300. The molecule has 0 unspecified atom stereocenters. The molecule has 0 aromatic heterocycles. The number of nitro groups is 2. The molecule has 14 nitrogen and oxygen atoms in total. The van der Waals surface area contributed by atoms with Crippen molar-refractivity contribution in [3.63, 3.8) is 0 Å². The van der Waals surface area contributed by atoms with Gasteiger partial charge in [-0.15, -0.1) is 0 Å². The second kappa shape index (κ2) is 10.9. The van der Waals surface area contributed by atoms with Crippen molar-refractivity contribution in [1.29, 1.82) is 0 Å². The first-order valence-corrected chi connectivity index (χ1v) is 12.1. The van der Waals surface area contributed by atoms with E-state index in [0.29, 0.717) is 41.9 Å². The summed E-state index contributed by atoms with van der Waals surface area (Å²) in [5, 5.41) is 26.0. The van der Waals surface area contributed by atoms with Gasteiger partial charge in [-0.1, -0.05) is 6.07 Å². The van der Waals surface area contributed by atoms with E-state index in [1.165, 1.54) is 36.5 Å². The summed E-state index contributed by atoms with van der Waals surface area (Å²) in [6.07, 6.45) is 2.09. The number of carbonyl (C=O) groups is 1. The third-order valence-electron chi connectivity index (χ3n) is 4.98. The zero-order chi connectivity index (χ0) is 25.6. The van der Waals surface area contributed by atoms with Crippen LogP contribution < -0.4 is 14.6 Å². The minimum absolute atomic E-state index is 0.0610. The average molecular weight is 506 g/mol. The highest BCUT2D eigenvalue weighted by Crippen LogP contribution is 2.25. The summed E-state index contributed by atoms with van der Waals surface area (Å²) in [6, 6.07) is 9.12. The van der Waals surface area contributed by atoms with Crippen LogP contribution in [0.4, 0.5) is 22.7 Å². The molecule has 1 fully saturated rings. The first-order valence-electron chi connectivity index (χ1n) is 10.2. The summed E-state index contributed by atoms with van der Waals surface area (Å²) in [7, 11) is -3.96. The van der Waals surface area contributed by atoms with Gasteiger partial charge in [0.15, 0.2) is 0 Å². The van der Waals surface area contributed by atoms with Gasteiger partial charge in [0.05, 0.1) is 41.2 Å². The molecule has 3 rings (SSSR count). The van der Waals surface area contributed by atoms with Crippen LogP contribution in [0.15, 0.2) is 47.6 Å². The Labute approximate surface area is 200 Å². The molecule has 1 N–H and O–H groups in total. The van der Waals surface area contributed by atoms with Crippen molar-refractivity contribution in [2.75, 3.05) is 48.3 Å². The maximum Gasteiger partial charge on any atom is 0.271 e. The molecule has 1 aliphatic heterocycles. The van der Waals surface area contributed by atoms with Crippen LogP contribution >= 0.6 is 0 Å². The largest absolute Gasteiger partial charge is 0.378 e. The van der Waals surface area contributed by atoms with Crippen LogP contribution in [0.1, 0.15) is 5.56 Å². The molecule has 2 aromatic rings. The van der Waals surface area contributed by atoms with Gasteiger partial charge in [0.2, 0.25) is 10.0 Å². The Balaban J connectivity index is 1.79. The fourth-order valence-electron chi connectivity index (χ4n) is 3.35. The molecule has 0 radical (unpaired) electrons. The molecular formula is C20H22N6O8S. The van der Waals surface area contributed by atoms with Gasteiger partial charge in [0, 0.05) is 48.6 Å². The number of hydrogen-bond acceptors (Lipinski definition) is 10. The van der Waals surface area contributed by atoms with Crippen LogP contribution in [-0.4, -0.2) is 69.5 Å². The Hall–Kier alpha value is -4.11. The number of carbonyl (C=O) groups excluding carboxylic acids is 1. The number of nitrogens with zero attached hydrogens (tertiary/aromatic N) is 5. The van der Waals surface area contributed by atoms with Crippen LogP contribution in [0.25, 0.3) is 0 Å². The average Bonchev–Trinajstić information content (AvgIpc) is 2.82. The normalized spacial score (nSPS) is 14.0. The number of nitrogens with one attached hydrogen (secondary N) is 1. The van der Waals surface area contributed by atoms with Crippen LogP contribution in [0.3, 0.4) is 0 Å². The van der Waals surface area contributed by atoms with Gasteiger partial charge in [-0.05, 0) is 12.1 Å². The Bertz CT molecular complexity index is 1260. The summed E-state index contributed by atoms with van der Waals surface area (Å²) in [5.74, 6) is -0.823. The zero-order valence-corrected chi connectivity index (χ0v) is 19.4. The first-order chi connectivity index (χ1) is 16.6. The van der Waals surface area contributed by atoms with Crippen LogP contribution in [-0.2, 0) is 19.6 Å². The molecule has 15 heteroatoms. The van der Waals surface area contributed by atoms with Gasteiger partial charge in [-0.3, -0.25) is 29.3 Å². The number of hydrazone groups is 1. The monoisotopic (exact) mass is 506 g/mol. The van der Waals surface area contributed by atoms with Crippen molar-refractivity contribution in [3.05, 3.63) is 68.3 Å². The molecule has 0 bridgehead atoms. The summed E-state index contributed by atoms with van der Waals surface area (Å²) in [4.78, 5) is 35.4. The van der Waals surface area contributed by atoms with Gasteiger partial charge in [-0.25, -0.2) is 13.8 Å². The highest BCUT2D eigenvalue weighted by molar-refractivity contribution is 7.92. The van der Waals surface area contributed by atoms with Crippen molar-refractivity contribution in [3.8, 4) is 0 Å². The molecule has 0 spiro atoms. The predicted octanol–water partition coefficient (Wildman–Crippen LogP) is 1.26. The standard InChI is InChI=1S/C20H22N6O8S/c1-35(32,33)24(16-3-2-4-17(12-16)25(28)29)14-20(27)22-21-13-15-11-18(26(30)31)5-6-19(15)23-7-9-34-10-8-23/h2-6,11-13H,7-10,14H2,1H3,(H,22,27)/b21-13-. The number of sulfonamides is 1. The smallest absolute Gasteiger partial charge is 0.271 e. The van der Waals surface area contributed by atoms with E-state index >= 15 is 0 Å². The Morgan fingerprint density at radius 3 is 2.43 bits per heavy atom. The second-order valence-electron chi connectivity index (χ2n) is 7.44. The maximum atomic E-state index is 12.4. The highest BCUT2D eigenvalue weighted by Gasteiger charge is 2.23. The van der Waals surface area contributed by atoms with Gasteiger partial charge in [-0.2, -0.15) is 5.10 Å². The summed E-state index contributed by atoms with van der Waals surface area (Å²) in [5.41, 5.74) is 2.67. The molecule has 1 amide bonds. The molecule has 0 saturated carbocycles.